The van der Waals surface area contributed by atoms with Crippen molar-refractivity contribution in [3.63, 3.8) is 0 Å². The van der Waals surface area contributed by atoms with Crippen LogP contribution >= 0.6 is 0 Å². The molecule has 1 rings (SSSR count). The molecule has 0 spiro atoms. The molecule has 1 atom stereocenters. The van der Waals surface area contributed by atoms with Crippen LogP contribution in [0.3, 0.4) is 0 Å². The van der Waals surface area contributed by atoms with Gasteiger partial charge >= 0.3 is 0 Å². The predicted octanol–water partition coefficient (Wildman–Crippen LogP) is 2.05. The molecule has 0 bridgehead atoms. The third-order valence-corrected chi connectivity index (χ3v) is 2.05. The molecule has 2 heteroatoms. The lowest BCUT2D eigenvalue weighted by molar-refractivity contribution is -0.719. The van der Waals surface area contributed by atoms with Crippen molar-refractivity contribution in [2.24, 2.45) is 0 Å². The largest absolute Gasteiger partial charge is 0.250 e. The number of rotatable bonds is 4. The van der Waals surface area contributed by atoms with E-state index in [2.05, 4.69) is 29.6 Å². The van der Waals surface area contributed by atoms with Crippen molar-refractivity contribution >= 4 is 0 Å². The molecule has 1 unspecified atom stereocenters. The van der Waals surface area contributed by atoms with E-state index < -0.39 is 0 Å². The summed E-state index contributed by atoms with van der Waals surface area (Å²) in [6.45, 7) is 4.48. The summed E-state index contributed by atoms with van der Waals surface area (Å²) in [5.41, 5.74) is 0. The Kier molecular flexibility index (Phi) is 3.14. The maximum atomic E-state index is 3.05. The number of nitrogens with zero attached hydrogens (tertiary/aromatic N) is 1. The Morgan fingerprint density at radius 2 is 2.36 bits per heavy atom. The van der Waals surface area contributed by atoms with Crippen LogP contribution in [-0.4, -0.2) is 4.98 Å². The van der Waals surface area contributed by atoms with Gasteiger partial charge in [-0.3, -0.25) is 4.98 Å². The molecule has 2 nitrogen and oxygen atoms in total. The normalized spacial score (nSPS) is 13.3. The number of hydrogen-bond donors (Lipinski definition) is 1. The van der Waals surface area contributed by atoms with Gasteiger partial charge in [0.05, 0.1) is 6.04 Å². The standard InChI is InChI=1S/C9H16N2/c1-3-4-5-9(2)11-7-6-10-8-11/h6-9H,3-5H2,1-2H3/p+1. The fourth-order valence-corrected chi connectivity index (χ4v) is 1.22. The van der Waals surface area contributed by atoms with Crippen LogP contribution in [0.1, 0.15) is 39.2 Å². The Balaban J connectivity index is 2.36. The molecule has 0 aromatic carbocycles. The molecule has 11 heavy (non-hydrogen) atoms. The first-order chi connectivity index (χ1) is 5.34. The van der Waals surface area contributed by atoms with Crippen molar-refractivity contribution in [1.82, 2.24) is 4.98 Å². The second kappa shape index (κ2) is 4.16. The Hall–Kier alpha value is -0.790. The van der Waals surface area contributed by atoms with Crippen LogP contribution in [0.2, 0.25) is 0 Å². The molecule has 0 saturated heterocycles. The Morgan fingerprint density at radius 3 is 2.91 bits per heavy atom. The highest BCUT2D eigenvalue weighted by Gasteiger charge is 2.06. The average molecular weight is 153 g/mol. The minimum Gasteiger partial charge on any atom is -0.250 e. The molecule has 1 aromatic heterocycles. The quantitative estimate of drug-likeness (QED) is 0.639. The molecule has 0 fully saturated rings. The summed E-state index contributed by atoms with van der Waals surface area (Å²) in [6, 6.07) is 0.640. The van der Waals surface area contributed by atoms with Crippen molar-refractivity contribution in [2.75, 3.05) is 0 Å². The van der Waals surface area contributed by atoms with E-state index in [1.165, 1.54) is 19.3 Å². The van der Waals surface area contributed by atoms with Crippen LogP contribution in [-0.2, 0) is 0 Å². The van der Waals surface area contributed by atoms with Gasteiger partial charge in [0.1, 0.15) is 12.4 Å². The summed E-state index contributed by atoms with van der Waals surface area (Å²) in [4.78, 5) is 3.05. The number of imidazole rings is 1. The number of H-pyrrole nitrogens is 1. The van der Waals surface area contributed by atoms with Crippen molar-refractivity contribution in [3.05, 3.63) is 18.7 Å². The lowest BCUT2D eigenvalue weighted by atomic mass is 10.1. The Bertz CT molecular complexity index is 179. The van der Waals surface area contributed by atoms with Gasteiger partial charge in [-0.1, -0.05) is 13.3 Å². The summed E-state index contributed by atoms with van der Waals surface area (Å²) in [7, 11) is 0. The van der Waals surface area contributed by atoms with E-state index in [9.17, 15) is 0 Å². The monoisotopic (exact) mass is 153 g/mol. The average Bonchev–Trinajstić information content (AvgIpc) is 2.52. The number of aromatic nitrogens is 2. The van der Waals surface area contributed by atoms with Crippen LogP contribution in [0.15, 0.2) is 18.7 Å². The van der Waals surface area contributed by atoms with Gasteiger partial charge < -0.3 is 0 Å². The van der Waals surface area contributed by atoms with Crippen LogP contribution in [0.25, 0.3) is 0 Å². The maximum absolute atomic E-state index is 3.05. The zero-order valence-electron chi connectivity index (χ0n) is 7.38. The highest BCUT2D eigenvalue weighted by Crippen LogP contribution is 2.05. The van der Waals surface area contributed by atoms with Crippen molar-refractivity contribution in [3.8, 4) is 0 Å². The fourth-order valence-electron chi connectivity index (χ4n) is 1.22. The van der Waals surface area contributed by atoms with Gasteiger partial charge in [-0.2, -0.15) is 0 Å². The van der Waals surface area contributed by atoms with E-state index in [1.807, 2.05) is 12.5 Å². The van der Waals surface area contributed by atoms with Crippen molar-refractivity contribution in [1.29, 1.82) is 0 Å². The summed E-state index contributed by atoms with van der Waals surface area (Å²) in [5.74, 6) is 0. The highest BCUT2D eigenvalue weighted by molar-refractivity contribution is 4.58. The van der Waals surface area contributed by atoms with E-state index in [4.69, 9.17) is 0 Å². The van der Waals surface area contributed by atoms with E-state index in [0.717, 1.165) is 0 Å². The molecule has 0 aliphatic rings. The van der Waals surface area contributed by atoms with Gasteiger partial charge in [-0.05, 0) is 19.8 Å². The SMILES string of the molecule is CCCCC(C)[n+]1cc[nH]c1. The van der Waals surface area contributed by atoms with Gasteiger partial charge in [0.2, 0.25) is 6.33 Å². The van der Waals surface area contributed by atoms with Crippen LogP contribution in [0.5, 0.6) is 0 Å². The molecule has 1 heterocycles. The second-order valence-corrected chi connectivity index (χ2v) is 3.05. The molecule has 1 N–H and O–H groups in total. The molecule has 1 aromatic rings. The van der Waals surface area contributed by atoms with Crippen LogP contribution in [0.4, 0.5) is 0 Å². The van der Waals surface area contributed by atoms with Crippen molar-refractivity contribution < 1.29 is 4.57 Å². The molecule has 0 saturated carbocycles. The molecule has 0 aliphatic heterocycles. The van der Waals surface area contributed by atoms with Crippen LogP contribution < -0.4 is 4.57 Å². The van der Waals surface area contributed by atoms with Crippen LogP contribution in [0, 0.1) is 0 Å². The molecule has 0 aliphatic carbocycles. The van der Waals surface area contributed by atoms with Gasteiger partial charge in [0, 0.05) is 0 Å². The highest BCUT2D eigenvalue weighted by atomic mass is 15.0. The van der Waals surface area contributed by atoms with Gasteiger partial charge in [0.15, 0.2) is 0 Å². The molecular formula is C9H17N2+. The topological polar surface area (TPSA) is 19.7 Å². The zero-order chi connectivity index (χ0) is 8.10. The summed E-state index contributed by atoms with van der Waals surface area (Å²) in [6.07, 6.45) is 9.94. The lowest BCUT2D eigenvalue weighted by Crippen LogP contribution is -2.34. The zero-order valence-corrected chi connectivity index (χ0v) is 7.38. The summed E-state index contributed by atoms with van der Waals surface area (Å²) >= 11 is 0. The second-order valence-electron chi connectivity index (χ2n) is 3.05. The van der Waals surface area contributed by atoms with Gasteiger partial charge in [0.25, 0.3) is 0 Å². The number of nitrogens with one attached hydrogen (secondary N) is 1. The summed E-state index contributed by atoms with van der Waals surface area (Å²) in [5, 5.41) is 0. The first-order valence-corrected chi connectivity index (χ1v) is 4.38. The third-order valence-electron chi connectivity index (χ3n) is 2.05. The number of aromatic amines is 1. The summed E-state index contributed by atoms with van der Waals surface area (Å²) < 4.78 is 2.22. The smallest absolute Gasteiger partial charge is 0.241 e. The molecule has 0 radical (unpaired) electrons. The minimum absolute atomic E-state index is 0.640. The predicted molar refractivity (Wildman–Crippen MR) is 45.2 cm³/mol. The first kappa shape index (κ1) is 8.31. The van der Waals surface area contributed by atoms with Gasteiger partial charge in [-0.25, -0.2) is 4.57 Å². The van der Waals surface area contributed by atoms with E-state index >= 15 is 0 Å². The minimum atomic E-state index is 0.640. The fraction of sp³-hybridized carbons (Fsp3) is 0.667. The molecular weight excluding hydrogens is 136 g/mol. The van der Waals surface area contributed by atoms with E-state index in [0.29, 0.717) is 6.04 Å². The van der Waals surface area contributed by atoms with Crippen molar-refractivity contribution in [2.45, 2.75) is 39.2 Å². The van der Waals surface area contributed by atoms with E-state index in [1.54, 1.807) is 0 Å². The molecule has 62 valence electrons. The Morgan fingerprint density at radius 1 is 1.55 bits per heavy atom. The maximum Gasteiger partial charge on any atom is 0.241 e. The Labute approximate surface area is 68.3 Å². The van der Waals surface area contributed by atoms with E-state index in [-0.39, 0.29) is 0 Å². The number of hydrogen-bond acceptors (Lipinski definition) is 0. The first-order valence-electron chi connectivity index (χ1n) is 4.38. The lowest BCUT2D eigenvalue weighted by Gasteiger charge is -2.05. The third kappa shape index (κ3) is 2.37. The van der Waals surface area contributed by atoms with Gasteiger partial charge in [-0.15, -0.1) is 0 Å². The number of unbranched alkanes of at least 4 members (excludes halogenated alkanes) is 1. The molecule has 0 amide bonds.